The Morgan fingerprint density at radius 3 is 2.00 bits per heavy atom. The van der Waals surface area contributed by atoms with Gasteiger partial charge in [0.1, 0.15) is 11.8 Å². The van der Waals surface area contributed by atoms with Crippen LogP contribution >= 0.6 is 7.60 Å². The summed E-state index contributed by atoms with van der Waals surface area (Å²) in [5, 5.41) is 12.9. The van der Waals surface area contributed by atoms with Gasteiger partial charge in [-0.1, -0.05) is 0 Å². The molecule has 0 radical (unpaired) electrons. The summed E-state index contributed by atoms with van der Waals surface area (Å²) in [6.07, 6.45) is -1.31. The standard InChI is InChI=1S/C10H21N2O6P/c1-5-17-19(16,18-6-2)8(4)12-9(13)7(3)11-10(14)15/h7-8,11H,5-6H2,1-4H3,(H,12,13)(H,14,15)/t7?,8-/m1/s1. The molecule has 0 aliphatic rings. The molecular formula is C10H21N2O6P. The molecule has 1 unspecified atom stereocenters. The smallest absolute Gasteiger partial charge is 0.405 e. The number of carboxylic acid groups (broad SMARTS) is 1. The van der Waals surface area contributed by atoms with Crippen LogP contribution < -0.4 is 10.6 Å². The average Bonchev–Trinajstić information content (AvgIpc) is 2.28. The zero-order valence-corrected chi connectivity index (χ0v) is 12.4. The summed E-state index contributed by atoms with van der Waals surface area (Å²) >= 11 is 0. The van der Waals surface area contributed by atoms with Crippen LogP contribution in [0.1, 0.15) is 27.7 Å². The van der Waals surface area contributed by atoms with Crippen LogP contribution in [-0.4, -0.2) is 42.1 Å². The topological polar surface area (TPSA) is 114 Å². The Labute approximate surface area is 112 Å². The molecule has 2 atom stereocenters. The number of carbonyl (C=O) groups excluding carboxylic acids is 1. The van der Waals surface area contributed by atoms with E-state index in [9.17, 15) is 14.2 Å². The van der Waals surface area contributed by atoms with Gasteiger partial charge in [-0.2, -0.15) is 0 Å². The van der Waals surface area contributed by atoms with E-state index in [1.165, 1.54) is 13.8 Å². The highest BCUT2D eigenvalue weighted by Gasteiger charge is 2.34. The summed E-state index contributed by atoms with van der Waals surface area (Å²) in [5.41, 5.74) is 0. The van der Waals surface area contributed by atoms with E-state index < -0.39 is 31.4 Å². The number of carbonyl (C=O) groups is 2. The van der Waals surface area contributed by atoms with Gasteiger partial charge < -0.3 is 24.8 Å². The molecular weight excluding hydrogens is 275 g/mol. The molecule has 0 saturated heterocycles. The molecule has 8 nitrogen and oxygen atoms in total. The minimum atomic E-state index is -3.45. The Morgan fingerprint density at radius 2 is 1.63 bits per heavy atom. The first kappa shape index (κ1) is 17.9. The Kier molecular flexibility index (Phi) is 7.66. The SMILES string of the molecule is CCOP(=O)(OCC)[C@H](C)NC(=O)C(C)NC(=O)O. The van der Waals surface area contributed by atoms with Gasteiger partial charge in [0.25, 0.3) is 0 Å². The summed E-state index contributed by atoms with van der Waals surface area (Å²) in [5.74, 6) is -1.47. The predicted octanol–water partition coefficient (Wildman–Crippen LogP) is 1.37. The van der Waals surface area contributed by atoms with Crippen molar-refractivity contribution in [3.8, 4) is 0 Å². The Morgan fingerprint density at radius 1 is 1.16 bits per heavy atom. The molecule has 112 valence electrons. The maximum Gasteiger partial charge on any atom is 0.405 e. The monoisotopic (exact) mass is 296 g/mol. The van der Waals surface area contributed by atoms with Crippen LogP contribution in [0.25, 0.3) is 0 Å². The summed E-state index contributed by atoms with van der Waals surface area (Å²) in [7, 11) is -3.45. The minimum absolute atomic E-state index is 0.181. The second-order valence-corrected chi connectivity index (χ2v) is 6.10. The Balaban J connectivity index is 4.63. The molecule has 9 heteroatoms. The molecule has 0 aromatic carbocycles. The van der Waals surface area contributed by atoms with Crippen molar-refractivity contribution in [2.75, 3.05) is 13.2 Å². The summed E-state index contributed by atoms with van der Waals surface area (Å²) < 4.78 is 22.4. The van der Waals surface area contributed by atoms with Gasteiger partial charge in [-0.15, -0.1) is 0 Å². The lowest BCUT2D eigenvalue weighted by Crippen LogP contribution is -2.47. The highest BCUT2D eigenvalue weighted by atomic mass is 31.2. The second-order valence-electron chi connectivity index (χ2n) is 3.73. The van der Waals surface area contributed by atoms with Crippen LogP contribution in [0.2, 0.25) is 0 Å². The number of nitrogens with one attached hydrogen (secondary N) is 2. The number of hydrogen-bond donors (Lipinski definition) is 3. The zero-order chi connectivity index (χ0) is 15.1. The van der Waals surface area contributed by atoms with Gasteiger partial charge in [-0.3, -0.25) is 9.36 Å². The van der Waals surface area contributed by atoms with E-state index in [-0.39, 0.29) is 13.2 Å². The van der Waals surface area contributed by atoms with E-state index in [1.807, 2.05) is 5.32 Å². The molecule has 0 fully saturated rings. The van der Waals surface area contributed by atoms with E-state index in [4.69, 9.17) is 14.2 Å². The van der Waals surface area contributed by atoms with Gasteiger partial charge >= 0.3 is 13.7 Å². The van der Waals surface area contributed by atoms with Crippen molar-refractivity contribution in [3.05, 3.63) is 0 Å². The summed E-state index contributed by atoms with van der Waals surface area (Å²) in [6, 6.07) is -0.961. The Bertz CT molecular complexity index is 352. The van der Waals surface area contributed by atoms with Crippen LogP contribution in [0.5, 0.6) is 0 Å². The molecule has 19 heavy (non-hydrogen) atoms. The van der Waals surface area contributed by atoms with Crippen molar-refractivity contribution >= 4 is 19.6 Å². The fraction of sp³-hybridized carbons (Fsp3) is 0.800. The lowest BCUT2D eigenvalue weighted by atomic mass is 10.3. The van der Waals surface area contributed by atoms with Crippen molar-refractivity contribution in [1.82, 2.24) is 10.6 Å². The minimum Gasteiger partial charge on any atom is -0.465 e. The molecule has 3 N–H and O–H groups in total. The lowest BCUT2D eigenvalue weighted by Gasteiger charge is -2.25. The molecule has 0 aromatic heterocycles. The molecule has 0 bridgehead atoms. The molecule has 0 heterocycles. The number of rotatable bonds is 8. The maximum absolute atomic E-state index is 12.3. The molecule has 0 spiro atoms. The first-order valence-corrected chi connectivity index (χ1v) is 7.56. The van der Waals surface area contributed by atoms with E-state index in [2.05, 4.69) is 5.32 Å². The van der Waals surface area contributed by atoms with Gasteiger partial charge in [0.15, 0.2) is 0 Å². The van der Waals surface area contributed by atoms with Gasteiger partial charge in [-0.25, -0.2) is 4.79 Å². The third-order valence-corrected chi connectivity index (χ3v) is 4.49. The fourth-order valence-electron chi connectivity index (χ4n) is 1.28. The van der Waals surface area contributed by atoms with Crippen LogP contribution in [0.3, 0.4) is 0 Å². The third-order valence-electron chi connectivity index (χ3n) is 2.18. The molecule has 0 aliphatic heterocycles. The van der Waals surface area contributed by atoms with Gasteiger partial charge in [0.2, 0.25) is 5.91 Å². The second kappa shape index (κ2) is 8.14. The van der Waals surface area contributed by atoms with Crippen molar-refractivity contribution in [1.29, 1.82) is 0 Å². The number of amides is 2. The maximum atomic E-state index is 12.3. The molecule has 2 amide bonds. The van der Waals surface area contributed by atoms with Crippen LogP contribution in [0.15, 0.2) is 0 Å². The average molecular weight is 296 g/mol. The van der Waals surface area contributed by atoms with Gasteiger partial charge in [0.05, 0.1) is 13.2 Å². The Hall–Kier alpha value is -1.11. The fourth-order valence-corrected chi connectivity index (χ4v) is 2.81. The number of hydrogen-bond acceptors (Lipinski definition) is 5. The van der Waals surface area contributed by atoms with E-state index >= 15 is 0 Å². The van der Waals surface area contributed by atoms with E-state index in [0.717, 1.165) is 0 Å². The largest absolute Gasteiger partial charge is 0.465 e. The highest BCUT2D eigenvalue weighted by molar-refractivity contribution is 7.54. The lowest BCUT2D eigenvalue weighted by molar-refractivity contribution is -0.122. The summed E-state index contributed by atoms with van der Waals surface area (Å²) in [4.78, 5) is 22.1. The van der Waals surface area contributed by atoms with Crippen molar-refractivity contribution in [2.45, 2.75) is 39.5 Å². The van der Waals surface area contributed by atoms with Crippen LogP contribution in [-0.2, 0) is 18.4 Å². The summed E-state index contributed by atoms with van der Waals surface area (Å²) in [6.45, 7) is 6.55. The van der Waals surface area contributed by atoms with Gasteiger partial charge in [-0.05, 0) is 27.7 Å². The quantitative estimate of drug-likeness (QED) is 0.583. The first-order chi connectivity index (χ1) is 8.76. The van der Waals surface area contributed by atoms with Crippen LogP contribution in [0, 0.1) is 0 Å². The predicted molar refractivity (Wildman–Crippen MR) is 69.1 cm³/mol. The normalized spacial score (nSPS) is 14.5. The van der Waals surface area contributed by atoms with E-state index in [1.54, 1.807) is 13.8 Å². The van der Waals surface area contributed by atoms with Crippen molar-refractivity contribution in [3.63, 3.8) is 0 Å². The van der Waals surface area contributed by atoms with Crippen LogP contribution in [0.4, 0.5) is 4.79 Å². The third kappa shape index (κ3) is 6.04. The van der Waals surface area contributed by atoms with Gasteiger partial charge in [0, 0.05) is 0 Å². The van der Waals surface area contributed by atoms with Crippen molar-refractivity contribution in [2.24, 2.45) is 0 Å². The zero-order valence-electron chi connectivity index (χ0n) is 11.5. The molecule has 0 aliphatic carbocycles. The highest BCUT2D eigenvalue weighted by Crippen LogP contribution is 2.51. The molecule has 0 aromatic rings. The van der Waals surface area contributed by atoms with Crippen molar-refractivity contribution < 1.29 is 28.3 Å². The molecule has 0 rings (SSSR count). The first-order valence-electron chi connectivity index (χ1n) is 5.95. The van der Waals surface area contributed by atoms with E-state index in [0.29, 0.717) is 0 Å². The molecule has 0 saturated carbocycles.